The average Bonchev–Trinajstić information content (AvgIpc) is 2.84. The van der Waals surface area contributed by atoms with Crippen molar-refractivity contribution in [3.05, 3.63) is 47.9 Å². The molecule has 5 heteroatoms. The second-order valence-corrected chi connectivity index (χ2v) is 4.34. The van der Waals surface area contributed by atoms with Gasteiger partial charge in [0.05, 0.1) is 13.7 Å². The van der Waals surface area contributed by atoms with Crippen molar-refractivity contribution in [1.29, 1.82) is 0 Å². The lowest BCUT2D eigenvalue weighted by atomic mass is 10.2. The van der Waals surface area contributed by atoms with Crippen molar-refractivity contribution in [2.45, 2.75) is 6.54 Å². The summed E-state index contributed by atoms with van der Waals surface area (Å²) in [5, 5.41) is 0. The second kappa shape index (κ2) is 5.56. The summed E-state index contributed by atoms with van der Waals surface area (Å²) in [7, 11) is 5.19. The SMILES string of the molecule is COc1ncccc1CN(C)C(=O)c1cccn1C. The maximum absolute atomic E-state index is 12.3. The molecule has 0 spiro atoms. The molecule has 0 atom stereocenters. The fourth-order valence-electron chi connectivity index (χ4n) is 1.93. The van der Waals surface area contributed by atoms with Gasteiger partial charge in [-0.1, -0.05) is 6.07 Å². The van der Waals surface area contributed by atoms with Crippen LogP contribution in [-0.4, -0.2) is 34.5 Å². The van der Waals surface area contributed by atoms with Gasteiger partial charge in [0.1, 0.15) is 5.69 Å². The molecule has 0 aliphatic carbocycles. The van der Waals surface area contributed by atoms with Crippen LogP contribution in [0.1, 0.15) is 16.1 Å². The molecule has 100 valence electrons. The van der Waals surface area contributed by atoms with Gasteiger partial charge in [-0.2, -0.15) is 0 Å². The van der Waals surface area contributed by atoms with E-state index in [0.29, 0.717) is 18.1 Å². The van der Waals surface area contributed by atoms with Gasteiger partial charge in [-0.15, -0.1) is 0 Å². The number of carbonyl (C=O) groups is 1. The summed E-state index contributed by atoms with van der Waals surface area (Å²) >= 11 is 0. The quantitative estimate of drug-likeness (QED) is 0.839. The lowest BCUT2D eigenvalue weighted by Crippen LogP contribution is -2.28. The number of nitrogens with zero attached hydrogens (tertiary/aromatic N) is 3. The summed E-state index contributed by atoms with van der Waals surface area (Å²) < 4.78 is 6.99. The van der Waals surface area contributed by atoms with E-state index in [1.807, 2.05) is 31.4 Å². The maximum Gasteiger partial charge on any atom is 0.270 e. The van der Waals surface area contributed by atoms with Crippen LogP contribution >= 0.6 is 0 Å². The van der Waals surface area contributed by atoms with E-state index in [4.69, 9.17) is 4.74 Å². The van der Waals surface area contributed by atoms with Gasteiger partial charge in [0.25, 0.3) is 5.91 Å². The predicted octanol–water partition coefficient (Wildman–Crippen LogP) is 1.70. The Morgan fingerprint density at radius 2 is 2.21 bits per heavy atom. The van der Waals surface area contributed by atoms with E-state index in [1.165, 1.54) is 0 Å². The van der Waals surface area contributed by atoms with Crippen LogP contribution in [0.3, 0.4) is 0 Å². The molecule has 0 unspecified atom stereocenters. The monoisotopic (exact) mass is 259 g/mol. The van der Waals surface area contributed by atoms with Crippen molar-refractivity contribution in [1.82, 2.24) is 14.5 Å². The highest BCUT2D eigenvalue weighted by molar-refractivity contribution is 5.92. The van der Waals surface area contributed by atoms with Crippen LogP contribution in [0.25, 0.3) is 0 Å². The molecule has 0 saturated heterocycles. The number of methoxy groups -OCH3 is 1. The average molecular weight is 259 g/mol. The molecule has 0 aromatic carbocycles. The molecular weight excluding hydrogens is 242 g/mol. The molecule has 19 heavy (non-hydrogen) atoms. The molecule has 2 heterocycles. The van der Waals surface area contributed by atoms with E-state index in [1.54, 1.807) is 35.9 Å². The normalized spacial score (nSPS) is 10.3. The minimum Gasteiger partial charge on any atom is -0.481 e. The van der Waals surface area contributed by atoms with E-state index >= 15 is 0 Å². The summed E-state index contributed by atoms with van der Waals surface area (Å²) in [5.41, 5.74) is 1.54. The minimum absolute atomic E-state index is 0.0293. The third-order valence-corrected chi connectivity index (χ3v) is 2.96. The molecule has 0 bridgehead atoms. The Bertz CT molecular complexity index is 578. The Labute approximate surface area is 112 Å². The highest BCUT2D eigenvalue weighted by Crippen LogP contribution is 2.16. The van der Waals surface area contributed by atoms with Gasteiger partial charge in [0.2, 0.25) is 5.88 Å². The van der Waals surface area contributed by atoms with Gasteiger partial charge < -0.3 is 14.2 Å². The Morgan fingerprint density at radius 3 is 2.84 bits per heavy atom. The first-order valence-corrected chi connectivity index (χ1v) is 5.98. The van der Waals surface area contributed by atoms with Crippen LogP contribution in [-0.2, 0) is 13.6 Å². The standard InChI is InChI=1S/C14H17N3O2/c1-16-9-5-7-12(16)14(18)17(2)10-11-6-4-8-15-13(11)19-3/h4-9H,10H2,1-3H3. The molecule has 0 saturated carbocycles. The third kappa shape index (κ3) is 2.76. The second-order valence-electron chi connectivity index (χ2n) is 4.34. The zero-order valence-corrected chi connectivity index (χ0v) is 11.3. The summed E-state index contributed by atoms with van der Waals surface area (Å²) in [6.07, 6.45) is 3.52. The third-order valence-electron chi connectivity index (χ3n) is 2.96. The molecule has 2 aromatic heterocycles. The zero-order chi connectivity index (χ0) is 13.8. The van der Waals surface area contributed by atoms with E-state index in [2.05, 4.69) is 4.98 Å². The van der Waals surface area contributed by atoms with Crippen LogP contribution in [0, 0.1) is 0 Å². The van der Waals surface area contributed by atoms with E-state index in [0.717, 1.165) is 5.56 Å². The van der Waals surface area contributed by atoms with Crippen molar-refractivity contribution in [2.24, 2.45) is 7.05 Å². The molecule has 0 aliphatic rings. The van der Waals surface area contributed by atoms with Crippen LogP contribution in [0.4, 0.5) is 0 Å². The van der Waals surface area contributed by atoms with Crippen LogP contribution in [0.5, 0.6) is 5.88 Å². The van der Waals surface area contributed by atoms with Crippen molar-refractivity contribution in [2.75, 3.05) is 14.2 Å². The Morgan fingerprint density at radius 1 is 1.42 bits per heavy atom. The summed E-state index contributed by atoms with van der Waals surface area (Å²) in [5.74, 6) is 0.521. The van der Waals surface area contributed by atoms with Crippen LogP contribution < -0.4 is 4.74 Å². The number of aromatic nitrogens is 2. The number of ether oxygens (including phenoxy) is 1. The zero-order valence-electron chi connectivity index (χ0n) is 11.3. The Kier molecular flexibility index (Phi) is 3.85. The first-order chi connectivity index (χ1) is 9.13. The number of amides is 1. The molecule has 1 amide bonds. The van der Waals surface area contributed by atoms with Crippen LogP contribution in [0.15, 0.2) is 36.7 Å². The lowest BCUT2D eigenvalue weighted by molar-refractivity contribution is 0.0774. The molecule has 2 aromatic rings. The summed E-state index contributed by atoms with van der Waals surface area (Å²) in [6, 6.07) is 7.39. The van der Waals surface area contributed by atoms with Gasteiger partial charge in [0.15, 0.2) is 0 Å². The van der Waals surface area contributed by atoms with Crippen molar-refractivity contribution in [3.63, 3.8) is 0 Å². The Hall–Kier alpha value is -2.30. The molecule has 0 aliphatic heterocycles. The van der Waals surface area contributed by atoms with E-state index < -0.39 is 0 Å². The summed E-state index contributed by atoms with van der Waals surface area (Å²) in [6.45, 7) is 0.459. The van der Waals surface area contributed by atoms with E-state index in [9.17, 15) is 4.79 Å². The van der Waals surface area contributed by atoms with Gasteiger partial charge >= 0.3 is 0 Å². The van der Waals surface area contributed by atoms with Crippen molar-refractivity contribution in [3.8, 4) is 5.88 Å². The molecule has 0 radical (unpaired) electrons. The van der Waals surface area contributed by atoms with Crippen LogP contribution in [0.2, 0.25) is 0 Å². The van der Waals surface area contributed by atoms with Gasteiger partial charge in [-0.3, -0.25) is 4.79 Å². The van der Waals surface area contributed by atoms with Crippen molar-refractivity contribution < 1.29 is 9.53 Å². The number of pyridine rings is 1. The molecule has 2 rings (SSSR count). The number of carbonyl (C=O) groups excluding carboxylic acids is 1. The minimum atomic E-state index is -0.0293. The number of rotatable bonds is 4. The fourth-order valence-corrected chi connectivity index (χ4v) is 1.93. The van der Waals surface area contributed by atoms with Gasteiger partial charge in [-0.25, -0.2) is 4.98 Å². The topological polar surface area (TPSA) is 47.4 Å². The van der Waals surface area contributed by atoms with Crippen molar-refractivity contribution >= 4 is 5.91 Å². The van der Waals surface area contributed by atoms with Gasteiger partial charge in [0, 0.05) is 32.1 Å². The number of hydrogen-bond acceptors (Lipinski definition) is 3. The number of hydrogen-bond donors (Lipinski definition) is 0. The largest absolute Gasteiger partial charge is 0.481 e. The smallest absolute Gasteiger partial charge is 0.270 e. The highest BCUT2D eigenvalue weighted by atomic mass is 16.5. The number of aryl methyl sites for hydroxylation is 1. The predicted molar refractivity (Wildman–Crippen MR) is 72.0 cm³/mol. The van der Waals surface area contributed by atoms with E-state index in [-0.39, 0.29) is 5.91 Å². The lowest BCUT2D eigenvalue weighted by Gasteiger charge is -2.18. The first-order valence-electron chi connectivity index (χ1n) is 5.98. The molecule has 0 fully saturated rings. The Balaban J connectivity index is 2.15. The molecule has 5 nitrogen and oxygen atoms in total. The maximum atomic E-state index is 12.3. The molecule has 0 N–H and O–H groups in total. The first kappa shape index (κ1) is 13.1. The summed E-state index contributed by atoms with van der Waals surface area (Å²) in [4.78, 5) is 18.0. The highest BCUT2D eigenvalue weighted by Gasteiger charge is 2.16. The van der Waals surface area contributed by atoms with Gasteiger partial charge in [-0.05, 0) is 18.2 Å². The molecular formula is C14H17N3O2. The fraction of sp³-hybridized carbons (Fsp3) is 0.286.